The molecule has 120 valence electrons. The molecule has 2 aromatic rings. The molecule has 1 aliphatic rings. The van der Waals surface area contributed by atoms with Crippen LogP contribution in [0.4, 0.5) is 0 Å². The number of fused-ring (bicyclic) bond motifs is 1. The van der Waals surface area contributed by atoms with E-state index in [9.17, 15) is 0 Å². The predicted octanol–water partition coefficient (Wildman–Crippen LogP) is 4.68. The quantitative estimate of drug-likeness (QED) is 0.725. The zero-order valence-corrected chi connectivity index (χ0v) is 13.4. The summed E-state index contributed by atoms with van der Waals surface area (Å²) in [5, 5.41) is 0. The third kappa shape index (κ3) is 4.07. The largest absolute Gasteiger partial charge is 0.502 e. The molecule has 23 heavy (non-hydrogen) atoms. The van der Waals surface area contributed by atoms with Crippen molar-refractivity contribution in [2.45, 2.75) is 25.9 Å². The van der Waals surface area contributed by atoms with Gasteiger partial charge in [0.2, 0.25) is 0 Å². The van der Waals surface area contributed by atoms with E-state index in [2.05, 4.69) is 24.3 Å². The van der Waals surface area contributed by atoms with Crippen molar-refractivity contribution in [1.29, 1.82) is 0 Å². The standard InChI is InChI=1S/C20H22O3/c1-2-21-12-10-17-11-13-22-20-14-18(8-9-19(17)20)23-15-16-6-4-3-5-7-16/h3-10,12,14,17H,2,11,13,15H2,1H3/b12-10+/t17-/m1/s1. The van der Waals surface area contributed by atoms with E-state index in [1.807, 2.05) is 37.3 Å². The SMILES string of the molecule is CCO/C=C/[C@@H]1CCOc2cc(OCc3ccccc3)ccc21. The van der Waals surface area contributed by atoms with E-state index in [-0.39, 0.29) is 0 Å². The van der Waals surface area contributed by atoms with Gasteiger partial charge in [0.1, 0.15) is 18.1 Å². The molecule has 1 heterocycles. The first-order chi connectivity index (χ1) is 11.4. The summed E-state index contributed by atoms with van der Waals surface area (Å²) < 4.78 is 17.0. The van der Waals surface area contributed by atoms with Crippen LogP contribution in [-0.2, 0) is 11.3 Å². The van der Waals surface area contributed by atoms with Gasteiger partial charge in [0.05, 0.1) is 19.5 Å². The van der Waals surface area contributed by atoms with Crippen LogP contribution >= 0.6 is 0 Å². The molecule has 0 radical (unpaired) electrons. The molecule has 3 rings (SSSR count). The minimum Gasteiger partial charge on any atom is -0.502 e. The fraction of sp³-hybridized carbons (Fsp3) is 0.300. The van der Waals surface area contributed by atoms with Crippen molar-refractivity contribution < 1.29 is 14.2 Å². The van der Waals surface area contributed by atoms with Crippen molar-refractivity contribution in [1.82, 2.24) is 0 Å². The molecule has 3 nitrogen and oxygen atoms in total. The lowest BCUT2D eigenvalue weighted by molar-refractivity contribution is 0.257. The van der Waals surface area contributed by atoms with Gasteiger partial charge < -0.3 is 14.2 Å². The Labute approximate surface area is 137 Å². The highest BCUT2D eigenvalue weighted by molar-refractivity contribution is 5.45. The van der Waals surface area contributed by atoms with E-state index in [0.717, 1.165) is 30.1 Å². The van der Waals surface area contributed by atoms with Gasteiger partial charge in [0, 0.05) is 17.5 Å². The molecular formula is C20H22O3. The van der Waals surface area contributed by atoms with Gasteiger partial charge in [-0.2, -0.15) is 0 Å². The smallest absolute Gasteiger partial charge is 0.126 e. The highest BCUT2D eigenvalue weighted by Gasteiger charge is 2.20. The van der Waals surface area contributed by atoms with Crippen LogP contribution in [0.15, 0.2) is 60.9 Å². The van der Waals surface area contributed by atoms with Crippen LogP contribution in [0.2, 0.25) is 0 Å². The Morgan fingerprint density at radius 3 is 2.87 bits per heavy atom. The molecule has 0 bridgehead atoms. The Morgan fingerprint density at radius 1 is 1.17 bits per heavy atom. The first kappa shape index (κ1) is 15.5. The second-order valence-corrected chi connectivity index (χ2v) is 5.50. The minimum absolute atomic E-state index is 0.341. The lowest BCUT2D eigenvalue weighted by atomic mass is 9.93. The van der Waals surface area contributed by atoms with Gasteiger partial charge >= 0.3 is 0 Å². The predicted molar refractivity (Wildman–Crippen MR) is 90.8 cm³/mol. The third-order valence-electron chi connectivity index (χ3n) is 3.89. The molecule has 2 aromatic carbocycles. The van der Waals surface area contributed by atoms with E-state index in [4.69, 9.17) is 14.2 Å². The normalized spacial score (nSPS) is 16.7. The van der Waals surface area contributed by atoms with E-state index < -0.39 is 0 Å². The first-order valence-electron chi connectivity index (χ1n) is 8.08. The molecule has 0 aliphatic carbocycles. The Morgan fingerprint density at radius 2 is 2.04 bits per heavy atom. The fourth-order valence-corrected chi connectivity index (χ4v) is 2.67. The lowest BCUT2D eigenvalue weighted by Gasteiger charge is -2.24. The van der Waals surface area contributed by atoms with Crippen molar-refractivity contribution in [3.8, 4) is 11.5 Å². The second kappa shape index (κ2) is 7.73. The maximum Gasteiger partial charge on any atom is 0.126 e. The molecule has 0 spiro atoms. The summed E-state index contributed by atoms with van der Waals surface area (Å²) in [6, 6.07) is 16.2. The molecule has 3 heteroatoms. The lowest BCUT2D eigenvalue weighted by Crippen LogP contribution is -2.13. The molecule has 0 amide bonds. The minimum atomic E-state index is 0.341. The van der Waals surface area contributed by atoms with Gasteiger partial charge in [0.25, 0.3) is 0 Å². The van der Waals surface area contributed by atoms with Crippen molar-refractivity contribution in [3.63, 3.8) is 0 Å². The molecule has 0 N–H and O–H groups in total. The number of rotatable bonds is 6. The zero-order valence-electron chi connectivity index (χ0n) is 13.4. The fourth-order valence-electron chi connectivity index (χ4n) is 2.67. The molecule has 1 aliphatic heterocycles. The number of ether oxygens (including phenoxy) is 3. The summed E-state index contributed by atoms with van der Waals surface area (Å²) >= 11 is 0. The molecular weight excluding hydrogens is 288 g/mol. The zero-order chi connectivity index (χ0) is 15.9. The van der Waals surface area contributed by atoms with Gasteiger partial charge in [0.15, 0.2) is 0 Å². The van der Waals surface area contributed by atoms with Crippen LogP contribution in [0.5, 0.6) is 11.5 Å². The Hall–Kier alpha value is -2.42. The van der Waals surface area contributed by atoms with Crippen molar-refractivity contribution in [2.24, 2.45) is 0 Å². The van der Waals surface area contributed by atoms with Crippen LogP contribution in [0.3, 0.4) is 0 Å². The highest BCUT2D eigenvalue weighted by Crippen LogP contribution is 2.37. The Bertz CT molecular complexity index is 649. The van der Waals surface area contributed by atoms with Crippen molar-refractivity contribution >= 4 is 0 Å². The number of hydrogen-bond acceptors (Lipinski definition) is 3. The van der Waals surface area contributed by atoms with Gasteiger partial charge in [-0.3, -0.25) is 0 Å². The summed E-state index contributed by atoms with van der Waals surface area (Å²) in [5.74, 6) is 2.09. The molecule has 1 atom stereocenters. The second-order valence-electron chi connectivity index (χ2n) is 5.50. The van der Waals surface area contributed by atoms with Crippen LogP contribution in [0, 0.1) is 0 Å². The summed E-state index contributed by atoms with van der Waals surface area (Å²) in [4.78, 5) is 0. The molecule has 0 saturated heterocycles. The Balaban J connectivity index is 1.69. The van der Waals surface area contributed by atoms with Gasteiger partial charge in [-0.05, 0) is 31.1 Å². The third-order valence-corrected chi connectivity index (χ3v) is 3.89. The summed E-state index contributed by atoms with van der Waals surface area (Å²) in [6.45, 7) is 3.96. The number of hydrogen-bond donors (Lipinski definition) is 0. The van der Waals surface area contributed by atoms with Gasteiger partial charge in [-0.25, -0.2) is 0 Å². The molecule has 0 saturated carbocycles. The number of allylic oxidation sites excluding steroid dienone is 1. The van der Waals surface area contributed by atoms with Crippen molar-refractivity contribution in [3.05, 3.63) is 72.0 Å². The van der Waals surface area contributed by atoms with Crippen LogP contribution in [0.1, 0.15) is 30.4 Å². The van der Waals surface area contributed by atoms with E-state index in [0.29, 0.717) is 19.1 Å². The van der Waals surface area contributed by atoms with E-state index >= 15 is 0 Å². The maximum absolute atomic E-state index is 5.87. The number of benzene rings is 2. The van der Waals surface area contributed by atoms with Crippen LogP contribution in [-0.4, -0.2) is 13.2 Å². The highest BCUT2D eigenvalue weighted by atomic mass is 16.5. The average Bonchev–Trinajstić information content (AvgIpc) is 2.61. The Kier molecular flexibility index (Phi) is 5.20. The average molecular weight is 310 g/mol. The van der Waals surface area contributed by atoms with E-state index in [1.165, 1.54) is 5.56 Å². The van der Waals surface area contributed by atoms with Crippen molar-refractivity contribution in [2.75, 3.05) is 13.2 Å². The van der Waals surface area contributed by atoms with E-state index in [1.54, 1.807) is 6.26 Å². The van der Waals surface area contributed by atoms with Gasteiger partial charge in [-0.15, -0.1) is 0 Å². The summed E-state index contributed by atoms with van der Waals surface area (Å²) in [6.07, 6.45) is 4.87. The first-order valence-corrected chi connectivity index (χ1v) is 8.08. The van der Waals surface area contributed by atoms with Gasteiger partial charge in [-0.1, -0.05) is 36.4 Å². The van der Waals surface area contributed by atoms with Crippen LogP contribution < -0.4 is 9.47 Å². The maximum atomic E-state index is 5.87. The van der Waals surface area contributed by atoms with Crippen LogP contribution in [0.25, 0.3) is 0 Å². The monoisotopic (exact) mass is 310 g/mol. The molecule has 0 fully saturated rings. The summed E-state index contributed by atoms with van der Waals surface area (Å²) in [5.41, 5.74) is 2.35. The molecule has 0 unspecified atom stereocenters. The topological polar surface area (TPSA) is 27.7 Å². The molecule has 0 aromatic heterocycles. The summed E-state index contributed by atoms with van der Waals surface area (Å²) in [7, 11) is 0.